The van der Waals surface area contributed by atoms with Crippen LogP contribution in [0.25, 0.3) is 11.0 Å². The highest BCUT2D eigenvalue weighted by atomic mass is 16.5. The molecule has 0 radical (unpaired) electrons. The van der Waals surface area contributed by atoms with Gasteiger partial charge in [0.25, 0.3) is 0 Å². The van der Waals surface area contributed by atoms with Gasteiger partial charge in [-0.15, -0.1) is 0 Å². The van der Waals surface area contributed by atoms with Gasteiger partial charge in [0.15, 0.2) is 5.75 Å². The zero-order chi connectivity index (χ0) is 16.8. The van der Waals surface area contributed by atoms with E-state index in [2.05, 4.69) is 13.8 Å². The molecule has 0 bridgehead atoms. The molecule has 0 saturated heterocycles. The minimum absolute atomic E-state index is 0.113. The quantitative estimate of drug-likeness (QED) is 0.574. The summed E-state index contributed by atoms with van der Waals surface area (Å²) in [5.74, 6) is 0.573. The van der Waals surface area contributed by atoms with E-state index >= 15 is 0 Å². The van der Waals surface area contributed by atoms with Crippen LogP contribution in [0.3, 0.4) is 0 Å². The summed E-state index contributed by atoms with van der Waals surface area (Å²) in [6.07, 6.45) is 1.76. The maximum Gasteiger partial charge on any atom is 0.383 e. The Morgan fingerprint density at radius 3 is 2.70 bits per heavy atom. The number of rotatable bonds is 8. The minimum atomic E-state index is -0.705. The third kappa shape index (κ3) is 4.39. The molecule has 0 spiro atoms. The zero-order valence-electron chi connectivity index (χ0n) is 13.4. The van der Waals surface area contributed by atoms with Crippen molar-refractivity contribution in [2.45, 2.75) is 26.7 Å². The summed E-state index contributed by atoms with van der Waals surface area (Å²) in [6, 6.07) is 4.68. The molecular weight excluding hydrogens is 300 g/mol. The molecule has 0 unspecified atom stereocenters. The van der Waals surface area contributed by atoms with E-state index in [9.17, 15) is 9.90 Å². The standard InChI is InChI=1S/C17H22O6/c1-11(2)4-3-8-22-16-15(19)13-10-12(21-9-7-18)5-6-14(13)23-17(16)20/h5-6,10-11,18-19H,3-4,7-9H2,1-2H3. The number of ether oxygens (including phenoxy) is 2. The Balaban J connectivity index is 2.24. The van der Waals surface area contributed by atoms with E-state index in [1.165, 1.54) is 6.07 Å². The van der Waals surface area contributed by atoms with E-state index < -0.39 is 5.63 Å². The molecule has 0 aliphatic rings. The van der Waals surface area contributed by atoms with Crippen molar-refractivity contribution in [3.05, 3.63) is 28.6 Å². The van der Waals surface area contributed by atoms with Gasteiger partial charge in [-0.1, -0.05) is 13.8 Å². The molecule has 0 fully saturated rings. The van der Waals surface area contributed by atoms with E-state index in [-0.39, 0.29) is 30.3 Å². The van der Waals surface area contributed by atoms with E-state index in [4.69, 9.17) is 19.0 Å². The summed E-state index contributed by atoms with van der Waals surface area (Å²) in [7, 11) is 0. The lowest BCUT2D eigenvalue weighted by atomic mass is 10.1. The van der Waals surface area contributed by atoms with Crippen molar-refractivity contribution >= 4 is 11.0 Å². The molecule has 2 N–H and O–H groups in total. The molecule has 1 aromatic heterocycles. The molecule has 0 amide bonds. The molecule has 1 heterocycles. The van der Waals surface area contributed by atoms with E-state index in [1.807, 2.05) is 0 Å². The van der Waals surface area contributed by atoms with Crippen LogP contribution in [-0.2, 0) is 0 Å². The highest BCUT2D eigenvalue weighted by molar-refractivity contribution is 5.86. The highest BCUT2D eigenvalue weighted by Gasteiger charge is 2.16. The first-order chi connectivity index (χ1) is 11.0. The van der Waals surface area contributed by atoms with Gasteiger partial charge in [0.1, 0.15) is 17.9 Å². The summed E-state index contributed by atoms with van der Waals surface area (Å²) in [6.45, 7) is 4.58. The number of aromatic hydroxyl groups is 1. The maximum atomic E-state index is 11.9. The third-order valence-electron chi connectivity index (χ3n) is 3.34. The number of aliphatic hydroxyl groups is 1. The Hall–Kier alpha value is -2.21. The molecule has 0 atom stereocenters. The highest BCUT2D eigenvalue weighted by Crippen LogP contribution is 2.33. The number of hydrogen-bond donors (Lipinski definition) is 2. The predicted octanol–water partition coefficient (Wildman–Crippen LogP) is 2.68. The van der Waals surface area contributed by atoms with Crippen molar-refractivity contribution in [2.24, 2.45) is 5.92 Å². The van der Waals surface area contributed by atoms with Gasteiger partial charge in [-0.25, -0.2) is 4.79 Å². The molecule has 1 aromatic carbocycles. The average Bonchev–Trinajstić information content (AvgIpc) is 2.52. The van der Waals surface area contributed by atoms with Gasteiger partial charge in [0.2, 0.25) is 5.75 Å². The van der Waals surface area contributed by atoms with Crippen LogP contribution in [0.2, 0.25) is 0 Å². The predicted molar refractivity (Wildman–Crippen MR) is 86.3 cm³/mol. The SMILES string of the molecule is CC(C)CCCOc1c(O)c2cc(OCCO)ccc2oc1=O. The fourth-order valence-corrected chi connectivity index (χ4v) is 2.19. The van der Waals surface area contributed by atoms with E-state index in [0.29, 0.717) is 23.7 Å². The van der Waals surface area contributed by atoms with Gasteiger partial charge in [-0.3, -0.25) is 0 Å². The second-order valence-electron chi connectivity index (χ2n) is 5.68. The van der Waals surface area contributed by atoms with Crippen LogP contribution in [0.15, 0.2) is 27.4 Å². The topological polar surface area (TPSA) is 89.1 Å². The van der Waals surface area contributed by atoms with Gasteiger partial charge in [-0.05, 0) is 37.0 Å². The first-order valence-electron chi connectivity index (χ1n) is 7.69. The van der Waals surface area contributed by atoms with E-state index in [1.54, 1.807) is 12.1 Å². The van der Waals surface area contributed by atoms with Crippen molar-refractivity contribution in [1.29, 1.82) is 0 Å². The lowest BCUT2D eigenvalue weighted by molar-refractivity contribution is 0.201. The van der Waals surface area contributed by atoms with Gasteiger partial charge in [0, 0.05) is 0 Å². The monoisotopic (exact) mass is 322 g/mol. The van der Waals surface area contributed by atoms with Crippen molar-refractivity contribution in [2.75, 3.05) is 19.8 Å². The van der Waals surface area contributed by atoms with E-state index in [0.717, 1.165) is 12.8 Å². The number of hydrogen-bond acceptors (Lipinski definition) is 6. The first-order valence-corrected chi connectivity index (χ1v) is 7.69. The largest absolute Gasteiger partial charge is 0.504 e. The fourth-order valence-electron chi connectivity index (χ4n) is 2.19. The zero-order valence-corrected chi connectivity index (χ0v) is 13.4. The van der Waals surface area contributed by atoms with Crippen LogP contribution < -0.4 is 15.1 Å². The summed E-state index contributed by atoms with van der Waals surface area (Å²) in [5.41, 5.74) is -0.457. The lowest BCUT2D eigenvalue weighted by Crippen LogP contribution is -2.09. The van der Waals surface area contributed by atoms with Crippen LogP contribution in [0.5, 0.6) is 17.2 Å². The molecular formula is C17H22O6. The Bertz CT molecular complexity index is 704. The molecule has 0 aliphatic heterocycles. The lowest BCUT2D eigenvalue weighted by Gasteiger charge is -2.10. The average molecular weight is 322 g/mol. The maximum absolute atomic E-state index is 11.9. The van der Waals surface area contributed by atoms with Crippen LogP contribution in [0.1, 0.15) is 26.7 Å². The van der Waals surface area contributed by atoms with Crippen LogP contribution >= 0.6 is 0 Å². The van der Waals surface area contributed by atoms with Crippen molar-refractivity contribution in [1.82, 2.24) is 0 Å². The smallest absolute Gasteiger partial charge is 0.383 e. The Labute approximate surface area is 134 Å². The summed E-state index contributed by atoms with van der Waals surface area (Å²) >= 11 is 0. The van der Waals surface area contributed by atoms with Gasteiger partial charge in [0.05, 0.1) is 18.6 Å². The molecule has 23 heavy (non-hydrogen) atoms. The molecule has 0 saturated carbocycles. The Morgan fingerprint density at radius 2 is 2.00 bits per heavy atom. The summed E-state index contributed by atoms with van der Waals surface area (Å²) in [4.78, 5) is 11.9. The number of aliphatic hydroxyl groups excluding tert-OH is 1. The summed E-state index contributed by atoms with van der Waals surface area (Å²) in [5, 5.41) is 19.4. The van der Waals surface area contributed by atoms with Crippen molar-refractivity contribution < 1.29 is 24.1 Å². The Kier molecular flexibility index (Phi) is 5.87. The molecule has 6 heteroatoms. The molecule has 2 aromatic rings. The van der Waals surface area contributed by atoms with Crippen LogP contribution in [0, 0.1) is 5.92 Å². The number of fused-ring (bicyclic) bond motifs is 1. The minimum Gasteiger partial charge on any atom is -0.504 e. The summed E-state index contributed by atoms with van der Waals surface area (Å²) < 4.78 is 15.9. The molecule has 2 rings (SSSR count). The van der Waals surface area contributed by atoms with Gasteiger partial charge >= 0.3 is 5.63 Å². The fraction of sp³-hybridized carbons (Fsp3) is 0.471. The van der Waals surface area contributed by atoms with Gasteiger partial charge in [-0.2, -0.15) is 0 Å². The second kappa shape index (κ2) is 7.87. The van der Waals surface area contributed by atoms with Crippen molar-refractivity contribution in [3.63, 3.8) is 0 Å². The molecule has 6 nitrogen and oxygen atoms in total. The second-order valence-corrected chi connectivity index (χ2v) is 5.68. The third-order valence-corrected chi connectivity index (χ3v) is 3.34. The normalized spacial score (nSPS) is 11.1. The molecule has 0 aliphatic carbocycles. The van der Waals surface area contributed by atoms with Crippen LogP contribution in [-0.4, -0.2) is 30.0 Å². The van der Waals surface area contributed by atoms with Gasteiger partial charge < -0.3 is 24.1 Å². The van der Waals surface area contributed by atoms with Crippen LogP contribution in [0.4, 0.5) is 0 Å². The van der Waals surface area contributed by atoms with Crippen molar-refractivity contribution in [3.8, 4) is 17.2 Å². The first kappa shape index (κ1) is 17.1. The molecule has 126 valence electrons. The Morgan fingerprint density at radius 1 is 1.22 bits per heavy atom. The number of benzene rings is 1.